The van der Waals surface area contributed by atoms with Crippen LogP contribution in [0.15, 0.2) is 18.2 Å². The number of methoxy groups -OCH3 is 1. The average molecular weight is 243 g/mol. The molecule has 16 heavy (non-hydrogen) atoms. The van der Waals surface area contributed by atoms with Gasteiger partial charge in [-0.05, 0) is 25.1 Å². The van der Waals surface area contributed by atoms with Crippen molar-refractivity contribution in [1.29, 1.82) is 0 Å². The van der Waals surface area contributed by atoms with Crippen LogP contribution in [-0.4, -0.2) is 25.5 Å². The predicted molar refractivity (Wildman–Crippen MR) is 59.0 cm³/mol. The van der Waals surface area contributed by atoms with Crippen molar-refractivity contribution in [2.24, 2.45) is 0 Å². The molecule has 0 aliphatic heterocycles. The van der Waals surface area contributed by atoms with Gasteiger partial charge in [-0.1, -0.05) is 11.6 Å². The van der Waals surface area contributed by atoms with Crippen molar-refractivity contribution < 1.29 is 19.1 Å². The van der Waals surface area contributed by atoms with E-state index < -0.39 is 11.8 Å². The van der Waals surface area contributed by atoms with Crippen molar-refractivity contribution in [2.45, 2.75) is 6.92 Å². The smallest absolute Gasteiger partial charge is 0.379 e. The number of hydrogen-bond acceptors (Lipinski definition) is 4. The van der Waals surface area contributed by atoms with Gasteiger partial charge in [0.05, 0.1) is 18.7 Å². The summed E-state index contributed by atoms with van der Waals surface area (Å²) in [5.41, 5.74) is 0.112. The van der Waals surface area contributed by atoms with Crippen LogP contribution in [0.5, 0.6) is 5.75 Å². The lowest BCUT2D eigenvalue weighted by molar-refractivity contribution is -0.137. The second kappa shape index (κ2) is 5.51. The summed E-state index contributed by atoms with van der Waals surface area (Å²) < 4.78 is 9.52. The predicted octanol–water partition coefficient (Wildman–Crippen LogP) is 2.09. The van der Waals surface area contributed by atoms with Gasteiger partial charge in [-0.3, -0.25) is 4.79 Å². The fraction of sp³-hybridized carbons (Fsp3) is 0.273. The lowest BCUT2D eigenvalue weighted by atomic mass is 10.1. The molecule has 86 valence electrons. The van der Waals surface area contributed by atoms with Gasteiger partial charge in [0, 0.05) is 5.56 Å². The fourth-order valence-electron chi connectivity index (χ4n) is 1.11. The van der Waals surface area contributed by atoms with E-state index in [4.69, 9.17) is 16.3 Å². The van der Waals surface area contributed by atoms with Gasteiger partial charge in [0.1, 0.15) is 5.75 Å². The van der Waals surface area contributed by atoms with E-state index in [-0.39, 0.29) is 17.2 Å². The Morgan fingerprint density at radius 1 is 1.38 bits per heavy atom. The van der Waals surface area contributed by atoms with Gasteiger partial charge in [-0.25, -0.2) is 4.79 Å². The first-order valence-corrected chi connectivity index (χ1v) is 5.03. The number of carbonyl (C=O) groups is 2. The Bertz CT molecular complexity index is 414. The zero-order valence-corrected chi connectivity index (χ0v) is 9.71. The molecule has 0 atom stereocenters. The Morgan fingerprint density at radius 3 is 2.56 bits per heavy atom. The summed E-state index contributed by atoms with van der Waals surface area (Å²) >= 11 is 5.84. The summed E-state index contributed by atoms with van der Waals surface area (Å²) in [6.07, 6.45) is 0. The lowest BCUT2D eigenvalue weighted by Crippen LogP contribution is -2.17. The second-order valence-corrected chi connectivity index (χ2v) is 3.30. The van der Waals surface area contributed by atoms with E-state index in [0.29, 0.717) is 5.75 Å². The van der Waals surface area contributed by atoms with Crippen LogP contribution >= 0.6 is 11.6 Å². The van der Waals surface area contributed by atoms with Gasteiger partial charge in [-0.2, -0.15) is 0 Å². The molecule has 0 aliphatic rings. The molecule has 0 bridgehead atoms. The summed E-state index contributed by atoms with van der Waals surface area (Å²) in [5, 5.41) is 0.164. The molecule has 0 spiro atoms. The average Bonchev–Trinajstić information content (AvgIpc) is 2.28. The van der Waals surface area contributed by atoms with Crippen molar-refractivity contribution in [3.63, 3.8) is 0 Å². The SMILES string of the molecule is CCOC(=O)C(=O)c1ccc(OC)cc1Cl. The third-order valence-electron chi connectivity index (χ3n) is 1.88. The third kappa shape index (κ3) is 2.73. The Morgan fingerprint density at radius 2 is 2.06 bits per heavy atom. The highest BCUT2D eigenvalue weighted by atomic mass is 35.5. The van der Waals surface area contributed by atoms with E-state index in [1.165, 1.54) is 19.2 Å². The van der Waals surface area contributed by atoms with Crippen LogP contribution in [0.25, 0.3) is 0 Å². The minimum absolute atomic E-state index is 0.112. The zero-order valence-electron chi connectivity index (χ0n) is 8.95. The van der Waals surface area contributed by atoms with Gasteiger partial charge in [0.15, 0.2) is 0 Å². The number of ether oxygens (including phenoxy) is 2. The normalized spacial score (nSPS) is 9.69. The number of Topliss-reactive ketones (excluding diaryl/α,β-unsaturated/α-hetero) is 1. The van der Waals surface area contributed by atoms with Crippen LogP contribution in [0.2, 0.25) is 5.02 Å². The first-order chi connectivity index (χ1) is 7.60. The standard InChI is InChI=1S/C11H11ClO4/c1-3-16-11(14)10(13)8-5-4-7(15-2)6-9(8)12/h4-6H,3H2,1-2H3. The Hall–Kier alpha value is -1.55. The maximum Gasteiger partial charge on any atom is 0.379 e. The number of carbonyl (C=O) groups excluding carboxylic acids is 2. The van der Waals surface area contributed by atoms with Crippen molar-refractivity contribution in [3.8, 4) is 5.75 Å². The minimum atomic E-state index is -0.908. The van der Waals surface area contributed by atoms with Crippen LogP contribution in [0.4, 0.5) is 0 Å². The second-order valence-electron chi connectivity index (χ2n) is 2.90. The lowest BCUT2D eigenvalue weighted by Gasteiger charge is -2.05. The van der Waals surface area contributed by atoms with Crippen molar-refractivity contribution in [3.05, 3.63) is 28.8 Å². The molecule has 1 aromatic carbocycles. The molecule has 0 amide bonds. The number of ketones is 1. The molecule has 0 N–H and O–H groups in total. The van der Waals surface area contributed by atoms with E-state index in [2.05, 4.69) is 4.74 Å². The minimum Gasteiger partial charge on any atom is -0.497 e. The highest BCUT2D eigenvalue weighted by Crippen LogP contribution is 2.22. The first-order valence-electron chi connectivity index (χ1n) is 4.65. The maximum absolute atomic E-state index is 11.6. The van der Waals surface area contributed by atoms with E-state index >= 15 is 0 Å². The van der Waals surface area contributed by atoms with Crippen LogP contribution in [0.3, 0.4) is 0 Å². The van der Waals surface area contributed by atoms with Crippen molar-refractivity contribution >= 4 is 23.4 Å². The highest BCUT2D eigenvalue weighted by Gasteiger charge is 2.20. The Balaban J connectivity index is 2.96. The summed E-state index contributed by atoms with van der Waals surface area (Å²) in [7, 11) is 1.48. The van der Waals surface area contributed by atoms with Crippen LogP contribution in [0, 0.1) is 0 Å². The number of hydrogen-bond donors (Lipinski definition) is 0. The molecule has 5 heteroatoms. The van der Waals surface area contributed by atoms with Gasteiger partial charge in [-0.15, -0.1) is 0 Å². The molecule has 0 saturated carbocycles. The monoisotopic (exact) mass is 242 g/mol. The Labute approximate surface area is 98.1 Å². The molecule has 0 saturated heterocycles. The summed E-state index contributed by atoms with van der Waals surface area (Å²) in [6.45, 7) is 1.78. The summed E-state index contributed by atoms with van der Waals surface area (Å²) in [4.78, 5) is 22.7. The fourth-order valence-corrected chi connectivity index (χ4v) is 1.37. The quantitative estimate of drug-likeness (QED) is 0.461. The van der Waals surface area contributed by atoms with E-state index in [0.717, 1.165) is 0 Å². The highest BCUT2D eigenvalue weighted by molar-refractivity contribution is 6.45. The molecule has 0 heterocycles. The molecule has 0 aliphatic carbocycles. The first kappa shape index (κ1) is 12.5. The van der Waals surface area contributed by atoms with Crippen LogP contribution < -0.4 is 4.74 Å². The molecular weight excluding hydrogens is 232 g/mol. The molecule has 0 fully saturated rings. The Kier molecular flexibility index (Phi) is 4.31. The number of esters is 1. The molecule has 0 radical (unpaired) electrons. The van der Waals surface area contributed by atoms with Gasteiger partial charge >= 0.3 is 5.97 Å². The summed E-state index contributed by atoms with van der Waals surface area (Å²) in [5.74, 6) is -1.14. The zero-order chi connectivity index (χ0) is 12.1. The van der Waals surface area contributed by atoms with E-state index in [1.807, 2.05) is 0 Å². The molecule has 4 nitrogen and oxygen atoms in total. The summed E-state index contributed by atoms with van der Waals surface area (Å²) in [6, 6.07) is 4.45. The van der Waals surface area contributed by atoms with E-state index in [1.54, 1.807) is 13.0 Å². The van der Waals surface area contributed by atoms with Gasteiger partial charge < -0.3 is 9.47 Å². The van der Waals surface area contributed by atoms with Crippen LogP contribution in [0.1, 0.15) is 17.3 Å². The number of halogens is 1. The molecular formula is C11H11ClO4. The van der Waals surface area contributed by atoms with Gasteiger partial charge in [0.25, 0.3) is 5.78 Å². The van der Waals surface area contributed by atoms with Crippen molar-refractivity contribution in [2.75, 3.05) is 13.7 Å². The largest absolute Gasteiger partial charge is 0.497 e. The van der Waals surface area contributed by atoms with E-state index in [9.17, 15) is 9.59 Å². The maximum atomic E-state index is 11.6. The van der Waals surface area contributed by atoms with Crippen LogP contribution in [-0.2, 0) is 9.53 Å². The van der Waals surface area contributed by atoms with Gasteiger partial charge in [0.2, 0.25) is 0 Å². The number of benzene rings is 1. The molecule has 1 aromatic rings. The molecule has 1 rings (SSSR count). The topological polar surface area (TPSA) is 52.6 Å². The van der Waals surface area contributed by atoms with Crippen molar-refractivity contribution in [1.82, 2.24) is 0 Å². The molecule has 0 unspecified atom stereocenters. The molecule has 0 aromatic heterocycles. The third-order valence-corrected chi connectivity index (χ3v) is 2.19. The number of rotatable bonds is 4.